The first kappa shape index (κ1) is 14.0. The Balaban J connectivity index is 1.24. The van der Waals surface area contributed by atoms with Crippen LogP contribution in [0.1, 0.15) is 38.5 Å². The fourth-order valence-electron chi connectivity index (χ4n) is 5.58. The van der Waals surface area contributed by atoms with Gasteiger partial charge in [0, 0.05) is 32.1 Å². The average molecular weight is 292 g/mol. The van der Waals surface area contributed by atoms with E-state index in [9.17, 15) is 4.79 Å². The molecule has 4 bridgehead atoms. The molecule has 1 heterocycles. The van der Waals surface area contributed by atoms with Gasteiger partial charge >= 0.3 is 0 Å². The molecule has 4 heteroatoms. The fourth-order valence-corrected chi connectivity index (χ4v) is 5.58. The summed E-state index contributed by atoms with van der Waals surface area (Å²) in [6.07, 6.45) is 7.95. The van der Waals surface area contributed by atoms with E-state index in [1.165, 1.54) is 32.1 Å². The molecule has 0 aromatic carbocycles. The Morgan fingerprint density at radius 2 is 1.62 bits per heavy atom. The Morgan fingerprint density at radius 3 is 2.24 bits per heavy atom. The highest BCUT2D eigenvalue weighted by atomic mass is 16.5. The van der Waals surface area contributed by atoms with E-state index in [1.54, 1.807) is 0 Å². The van der Waals surface area contributed by atoms with Crippen molar-refractivity contribution in [3.8, 4) is 0 Å². The lowest BCUT2D eigenvalue weighted by molar-refractivity contribution is -0.135. The third-order valence-electron chi connectivity index (χ3n) is 6.31. The normalized spacial score (nSPS) is 41.5. The standard InChI is InChI=1S/C17H28N2O2/c20-16(19-3-5-21-6-4-19)1-2-18-17-14-8-12-7-13(10-14)11-15(17)9-12/h12-15,17-18H,1-11H2. The highest BCUT2D eigenvalue weighted by Crippen LogP contribution is 2.53. The average Bonchev–Trinajstić information content (AvgIpc) is 2.50. The molecule has 4 aliphatic carbocycles. The Hall–Kier alpha value is -0.610. The fraction of sp³-hybridized carbons (Fsp3) is 0.941. The highest BCUT2D eigenvalue weighted by molar-refractivity contribution is 5.76. The molecular weight excluding hydrogens is 264 g/mol. The van der Waals surface area contributed by atoms with Gasteiger partial charge in [0.2, 0.25) is 5.91 Å². The maximum absolute atomic E-state index is 12.2. The van der Waals surface area contributed by atoms with Gasteiger partial charge in [0.05, 0.1) is 13.2 Å². The SMILES string of the molecule is O=C(CCNC1C2CC3CC(C2)CC1C3)N1CCOCC1. The lowest BCUT2D eigenvalue weighted by Gasteiger charge is -2.54. The number of hydrogen-bond donors (Lipinski definition) is 1. The molecule has 0 aromatic rings. The number of carbonyl (C=O) groups excluding carboxylic acids is 1. The van der Waals surface area contributed by atoms with Gasteiger partial charge in [-0.2, -0.15) is 0 Å². The molecule has 1 saturated heterocycles. The number of morpholine rings is 1. The minimum atomic E-state index is 0.301. The third kappa shape index (κ3) is 2.85. The van der Waals surface area contributed by atoms with Crippen molar-refractivity contribution in [2.75, 3.05) is 32.8 Å². The number of nitrogens with zero attached hydrogens (tertiary/aromatic N) is 1. The summed E-state index contributed by atoms with van der Waals surface area (Å²) in [5.41, 5.74) is 0. The van der Waals surface area contributed by atoms with Crippen LogP contribution in [0.25, 0.3) is 0 Å². The second kappa shape index (κ2) is 5.88. The van der Waals surface area contributed by atoms with Gasteiger partial charge in [-0.15, -0.1) is 0 Å². The Kier molecular flexibility index (Phi) is 3.92. The molecule has 21 heavy (non-hydrogen) atoms. The minimum absolute atomic E-state index is 0.301. The minimum Gasteiger partial charge on any atom is -0.378 e. The van der Waals surface area contributed by atoms with Crippen LogP contribution in [0.5, 0.6) is 0 Å². The summed E-state index contributed by atoms with van der Waals surface area (Å²) in [6, 6.07) is 0.704. The van der Waals surface area contributed by atoms with Crippen molar-refractivity contribution in [2.24, 2.45) is 23.7 Å². The van der Waals surface area contributed by atoms with Crippen LogP contribution < -0.4 is 5.32 Å². The second-order valence-electron chi connectivity index (χ2n) is 7.65. The molecule has 1 amide bonds. The summed E-state index contributed by atoms with van der Waals surface area (Å²) in [7, 11) is 0. The molecule has 5 fully saturated rings. The quantitative estimate of drug-likeness (QED) is 0.856. The molecule has 0 aromatic heterocycles. The van der Waals surface area contributed by atoms with E-state index in [2.05, 4.69) is 5.32 Å². The molecule has 0 atom stereocenters. The summed E-state index contributed by atoms with van der Waals surface area (Å²) in [4.78, 5) is 14.1. The molecule has 0 unspecified atom stereocenters. The number of rotatable bonds is 4. The molecule has 0 radical (unpaired) electrons. The molecule has 1 N–H and O–H groups in total. The van der Waals surface area contributed by atoms with Crippen molar-refractivity contribution in [3.63, 3.8) is 0 Å². The molecule has 5 rings (SSSR count). The molecule has 118 valence electrons. The van der Waals surface area contributed by atoms with Gasteiger partial charge in [-0.1, -0.05) is 0 Å². The van der Waals surface area contributed by atoms with Crippen LogP contribution in [0, 0.1) is 23.7 Å². The lowest BCUT2D eigenvalue weighted by atomic mass is 9.54. The molecule has 5 aliphatic rings. The maximum atomic E-state index is 12.2. The predicted molar refractivity (Wildman–Crippen MR) is 80.9 cm³/mol. The third-order valence-corrected chi connectivity index (χ3v) is 6.31. The second-order valence-corrected chi connectivity index (χ2v) is 7.65. The van der Waals surface area contributed by atoms with Crippen LogP contribution in [0.3, 0.4) is 0 Å². The summed E-state index contributed by atoms with van der Waals surface area (Å²) >= 11 is 0. The van der Waals surface area contributed by atoms with Crippen LogP contribution in [0.4, 0.5) is 0 Å². The largest absolute Gasteiger partial charge is 0.378 e. The van der Waals surface area contributed by atoms with E-state index in [1.807, 2.05) is 4.90 Å². The Labute approximate surface area is 127 Å². The number of hydrogen-bond acceptors (Lipinski definition) is 3. The van der Waals surface area contributed by atoms with E-state index in [0.717, 1.165) is 43.3 Å². The number of nitrogens with one attached hydrogen (secondary N) is 1. The monoisotopic (exact) mass is 292 g/mol. The molecule has 4 saturated carbocycles. The van der Waals surface area contributed by atoms with Crippen molar-refractivity contribution < 1.29 is 9.53 Å². The predicted octanol–water partition coefficient (Wildman–Crippen LogP) is 1.65. The van der Waals surface area contributed by atoms with Crippen molar-refractivity contribution in [3.05, 3.63) is 0 Å². The van der Waals surface area contributed by atoms with E-state index >= 15 is 0 Å². The number of carbonyl (C=O) groups is 1. The van der Waals surface area contributed by atoms with Crippen molar-refractivity contribution in [2.45, 2.75) is 44.6 Å². The Morgan fingerprint density at radius 1 is 1.00 bits per heavy atom. The molecule has 1 aliphatic heterocycles. The van der Waals surface area contributed by atoms with Crippen LogP contribution >= 0.6 is 0 Å². The zero-order valence-corrected chi connectivity index (χ0v) is 12.9. The Bertz CT molecular complexity index is 364. The van der Waals surface area contributed by atoms with E-state index < -0.39 is 0 Å². The smallest absolute Gasteiger partial charge is 0.224 e. The summed E-state index contributed by atoms with van der Waals surface area (Å²) in [5, 5.41) is 3.76. The molecule has 4 nitrogen and oxygen atoms in total. The van der Waals surface area contributed by atoms with Gasteiger partial charge in [0.1, 0.15) is 0 Å². The van der Waals surface area contributed by atoms with Gasteiger partial charge in [0.25, 0.3) is 0 Å². The number of ether oxygens (including phenoxy) is 1. The van der Waals surface area contributed by atoms with Gasteiger partial charge in [-0.05, 0) is 55.8 Å². The summed E-state index contributed by atoms with van der Waals surface area (Å²) in [5.74, 6) is 4.16. The van der Waals surface area contributed by atoms with Crippen molar-refractivity contribution in [1.82, 2.24) is 10.2 Å². The van der Waals surface area contributed by atoms with Crippen LogP contribution in [-0.2, 0) is 9.53 Å². The van der Waals surface area contributed by atoms with Crippen molar-refractivity contribution in [1.29, 1.82) is 0 Å². The first-order valence-electron chi connectivity index (χ1n) is 8.88. The van der Waals surface area contributed by atoms with E-state index in [4.69, 9.17) is 4.74 Å². The lowest BCUT2D eigenvalue weighted by Crippen LogP contribution is -2.55. The van der Waals surface area contributed by atoms with Crippen molar-refractivity contribution >= 4 is 5.91 Å². The zero-order chi connectivity index (χ0) is 14.2. The zero-order valence-electron chi connectivity index (χ0n) is 12.9. The molecule has 0 spiro atoms. The molecular formula is C17H28N2O2. The van der Waals surface area contributed by atoms with Gasteiger partial charge in [-0.25, -0.2) is 0 Å². The number of amides is 1. The first-order chi connectivity index (χ1) is 10.3. The summed E-state index contributed by atoms with van der Waals surface area (Å²) < 4.78 is 5.30. The van der Waals surface area contributed by atoms with E-state index in [-0.39, 0.29) is 0 Å². The van der Waals surface area contributed by atoms with Crippen LogP contribution in [0.15, 0.2) is 0 Å². The highest BCUT2D eigenvalue weighted by Gasteiger charge is 2.47. The summed E-state index contributed by atoms with van der Waals surface area (Å²) in [6.45, 7) is 3.82. The first-order valence-corrected chi connectivity index (χ1v) is 8.88. The maximum Gasteiger partial charge on any atom is 0.224 e. The van der Waals surface area contributed by atoms with Crippen LogP contribution in [0.2, 0.25) is 0 Å². The van der Waals surface area contributed by atoms with Gasteiger partial charge < -0.3 is 15.0 Å². The van der Waals surface area contributed by atoms with Gasteiger partial charge in [-0.3, -0.25) is 4.79 Å². The van der Waals surface area contributed by atoms with Crippen LogP contribution in [-0.4, -0.2) is 49.7 Å². The van der Waals surface area contributed by atoms with Gasteiger partial charge in [0.15, 0.2) is 0 Å². The van der Waals surface area contributed by atoms with E-state index in [0.29, 0.717) is 31.6 Å². The topological polar surface area (TPSA) is 41.6 Å².